The van der Waals surface area contributed by atoms with Gasteiger partial charge in [-0.25, -0.2) is 0 Å². The van der Waals surface area contributed by atoms with Crippen LogP contribution >= 0.6 is 57.6 Å². The lowest BCUT2D eigenvalue weighted by molar-refractivity contribution is 0.641. The van der Waals surface area contributed by atoms with Gasteiger partial charge in [0.05, 0.1) is 0 Å². The Labute approximate surface area is 221 Å². The zero-order chi connectivity index (χ0) is 22.8. The second-order valence-corrected chi connectivity index (χ2v) is 37.8. The molecule has 30 heavy (non-hydrogen) atoms. The Morgan fingerprint density at radius 3 is 1.47 bits per heavy atom. The highest BCUT2D eigenvalue weighted by atomic mass is 33.4. The van der Waals surface area contributed by atoms with Crippen molar-refractivity contribution < 1.29 is 0 Å². The van der Waals surface area contributed by atoms with Crippen LogP contribution in [-0.4, -0.2) is 0 Å². The molecule has 3 aliphatic carbocycles. The molecule has 10 atom stereocenters. The topological polar surface area (TPSA) is 0 Å². The third kappa shape index (κ3) is 18.1. The molecule has 3 aliphatic rings. The Balaban J connectivity index is 0.000000376. The summed E-state index contributed by atoms with van der Waals surface area (Å²) in [5.74, 6) is 3.52. The van der Waals surface area contributed by atoms with Crippen LogP contribution in [0.15, 0.2) is 37.5 Å². The van der Waals surface area contributed by atoms with Crippen molar-refractivity contribution in [1.82, 2.24) is 0 Å². The van der Waals surface area contributed by atoms with Crippen molar-refractivity contribution in [2.24, 2.45) is 23.7 Å². The van der Waals surface area contributed by atoms with E-state index in [1.165, 1.54) is 56.3 Å². The molecular formula is C16H33P7S7. The van der Waals surface area contributed by atoms with Gasteiger partial charge in [0.15, 0.2) is 0 Å². The Kier molecular flexibility index (Phi) is 26.1. The molecule has 0 heterocycles. The molecule has 14 heteroatoms. The summed E-state index contributed by atoms with van der Waals surface area (Å²) < 4.78 is 0. The summed E-state index contributed by atoms with van der Waals surface area (Å²) in [5, 5.41) is 0. The predicted octanol–water partition coefficient (Wildman–Crippen LogP) is 8.35. The van der Waals surface area contributed by atoms with Crippen LogP contribution in [-0.2, 0) is 66.8 Å². The van der Waals surface area contributed by atoms with Gasteiger partial charge in [0.1, 0.15) is 0 Å². The summed E-state index contributed by atoms with van der Waals surface area (Å²) in [7, 11) is 19.8. The maximum Gasteiger partial charge on any atom is 0 e. The van der Waals surface area contributed by atoms with Gasteiger partial charge in [0.25, 0.3) is 0 Å². The Morgan fingerprint density at radius 1 is 0.833 bits per heavy atom. The molecule has 0 radical (unpaired) electrons. The van der Waals surface area contributed by atoms with Crippen molar-refractivity contribution in [3.8, 4) is 0 Å². The second kappa shape index (κ2) is 23.2. The van der Waals surface area contributed by atoms with Crippen molar-refractivity contribution in [1.29, 1.82) is 0 Å². The van der Waals surface area contributed by atoms with Gasteiger partial charge >= 0.3 is 0 Å². The first-order valence-corrected chi connectivity index (χ1v) is 29.1. The van der Waals surface area contributed by atoms with Crippen LogP contribution in [0.3, 0.4) is 0 Å². The average Bonchev–Trinajstić information content (AvgIpc) is 3.53. The first-order chi connectivity index (χ1) is 14.4. The molecule has 2 saturated carbocycles. The Hall–Kier alpha value is 3.77. The summed E-state index contributed by atoms with van der Waals surface area (Å²) in [6.45, 7) is 8.01. The van der Waals surface area contributed by atoms with Gasteiger partial charge in [-0.2, -0.15) is 0 Å². The van der Waals surface area contributed by atoms with E-state index >= 15 is 0 Å². The van der Waals surface area contributed by atoms with E-state index in [0.717, 1.165) is 31.6 Å². The molecule has 0 aromatic rings. The van der Waals surface area contributed by atoms with Gasteiger partial charge in [-0.3, -0.25) is 0 Å². The highest BCUT2D eigenvalue weighted by Gasteiger charge is 2.25. The Bertz CT molecular complexity index is 684. The second-order valence-electron chi connectivity index (χ2n) is 6.72. The van der Waals surface area contributed by atoms with Crippen molar-refractivity contribution in [2.45, 2.75) is 38.5 Å². The molecule has 0 nitrogen and oxygen atoms in total. The van der Waals surface area contributed by atoms with E-state index in [1.807, 2.05) is 0 Å². The lowest BCUT2D eigenvalue weighted by Crippen LogP contribution is -1.88. The molecule has 3 rings (SSSR count). The molecule has 0 aromatic carbocycles. The van der Waals surface area contributed by atoms with E-state index in [0.29, 0.717) is 0 Å². The molecule has 2 bridgehead atoms. The molecule has 0 amide bonds. The fraction of sp³-hybridized carbons (Fsp3) is 0.625. The molecule has 2 fully saturated rings. The smallest absolute Gasteiger partial charge is 0 e. The van der Waals surface area contributed by atoms with Crippen LogP contribution in [0.25, 0.3) is 0 Å². The predicted molar refractivity (Wildman–Crippen MR) is 184 cm³/mol. The normalized spacial score (nSPS) is 26.3. The molecule has 0 aromatic heterocycles. The van der Waals surface area contributed by atoms with Crippen LogP contribution in [0.2, 0.25) is 0 Å². The van der Waals surface area contributed by atoms with E-state index in [9.17, 15) is 0 Å². The van der Waals surface area contributed by atoms with Crippen molar-refractivity contribution in [3.05, 3.63) is 37.5 Å². The van der Waals surface area contributed by atoms with Crippen LogP contribution in [0.5, 0.6) is 0 Å². The van der Waals surface area contributed by atoms with Crippen molar-refractivity contribution in [2.75, 3.05) is 0 Å². The fourth-order valence-electron chi connectivity index (χ4n) is 3.30. The van der Waals surface area contributed by atoms with Gasteiger partial charge in [-0.15, -0.1) is 48.9 Å². The highest BCUT2D eigenvalue weighted by molar-refractivity contribution is 8.98. The maximum absolute atomic E-state index is 4.57. The number of hydrogen-bond donors (Lipinski definition) is 0. The number of allylic oxidation sites excluding steroid dienone is 4. The van der Waals surface area contributed by atoms with E-state index in [2.05, 4.69) is 95.6 Å². The first kappa shape index (κ1) is 33.8. The average molecular weight is 667 g/mol. The standard InChI is InChI=1S/C9H14.C7H10.H9P7.S7/c1-3-8-5-6-9(4-2)7-8;1-2-7-4-3-6(1)5-7;1-5-7(4)6(2)3;1-3-5-7-6-4-2/h3-4,8-9H,1-2,5-7H2;1-2,6-7H,3-5H2;5H,1-4H2;. The maximum atomic E-state index is 4.57. The zero-order valence-corrected chi connectivity index (χ0v) is 30.0. The van der Waals surface area contributed by atoms with E-state index in [4.69, 9.17) is 0 Å². The minimum Gasteiger partial charge on any atom is -0.109 e. The van der Waals surface area contributed by atoms with Crippen molar-refractivity contribution in [3.63, 3.8) is 0 Å². The lowest BCUT2D eigenvalue weighted by atomic mass is 10.1. The minimum atomic E-state index is 0.191. The molecule has 0 N–H and O–H groups in total. The van der Waals surface area contributed by atoms with Gasteiger partial charge in [0.2, 0.25) is 0 Å². The summed E-state index contributed by atoms with van der Waals surface area (Å²) in [6.07, 6.45) is 17.3. The fourth-order valence-corrected chi connectivity index (χ4v) is 27.7. The van der Waals surface area contributed by atoms with E-state index in [1.54, 1.807) is 26.6 Å². The monoisotopic (exact) mass is 666 g/mol. The molecule has 0 saturated heterocycles. The largest absolute Gasteiger partial charge is 0.109 e. The zero-order valence-electron chi connectivity index (χ0n) is 16.8. The molecule has 0 spiro atoms. The van der Waals surface area contributed by atoms with E-state index < -0.39 is 0 Å². The molecule has 0 aliphatic heterocycles. The van der Waals surface area contributed by atoms with Crippen molar-refractivity contribution >= 4 is 124 Å². The third-order valence-corrected chi connectivity index (χ3v) is 44.2. The van der Waals surface area contributed by atoms with Gasteiger partial charge in [-0.1, -0.05) is 32.3 Å². The molecule has 174 valence electrons. The van der Waals surface area contributed by atoms with E-state index in [-0.39, 0.29) is 14.0 Å². The molecular weight excluding hydrogens is 633 g/mol. The minimum absolute atomic E-state index is 0.191. The summed E-state index contributed by atoms with van der Waals surface area (Å²) >= 11 is 9.14. The number of fused-ring (bicyclic) bond motifs is 2. The van der Waals surface area contributed by atoms with Crippen LogP contribution in [0.4, 0.5) is 0 Å². The van der Waals surface area contributed by atoms with Gasteiger partial charge in [0, 0.05) is 66.8 Å². The molecule has 10 unspecified atom stereocenters. The lowest BCUT2D eigenvalue weighted by Gasteiger charge is -2.11. The Morgan fingerprint density at radius 2 is 1.30 bits per heavy atom. The third-order valence-electron chi connectivity index (χ3n) is 4.84. The first-order valence-electron chi connectivity index (χ1n) is 9.24. The van der Waals surface area contributed by atoms with Gasteiger partial charge in [-0.05, 0) is 76.2 Å². The highest BCUT2D eigenvalue weighted by Crippen LogP contribution is 2.92. The summed E-state index contributed by atoms with van der Waals surface area (Å²) in [6, 6.07) is 0. The summed E-state index contributed by atoms with van der Waals surface area (Å²) in [5.41, 5.74) is 0. The quantitative estimate of drug-likeness (QED) is 0.219. The van der Waals surface area contributed by atoms with Crippen LogP contribution in [0.1, 0.15) is 38.5 Å². The van der Waals surface area contributed by atoms with Crippen LogP contribution in [0, 0.1) is 23.7 Å². The number of rotatable bonds is 4. The number of hydrogen-bond acceptors (Lipinski definition) is 2. The van der Waals surface area contributed by atoms with Crippen LogP contribution < -0.4 is 0 Å². The summed E-state index contributed by atoms with van der Waals surface area (Å²) in [4.78, 5) is 0. The van der Waals surface area contributed by atoms with Gasteiger partial charge < -0.3 is 0 Å². The SMILES string of the molecule is C1=CC2CCC1C2.C=CC1CCC(C=C)C1.PPP(P)P(P)P.S=S=S=S=S=S=S.